The predicted octanol–water partition coefficient (Wildman–Crippen LogP) is 3.26. The number of rotatable bonds is 3. The molecule has 0 atom stereocenters. The van der Waals surface area contributed by atoms with Crippen molar-refractivity contribution in [3.05, 3.63) is 41.6 Å². The largest absolute Gasteiger partial charge is 0.441 e. The molecule has 1 aliphatic rings. The summed E-state index contributed by atoms with van der Waals surface area (Å²) >= 11 is 0. The van der Waals surface area contributed by atoms with E-state index >= 15 is 0 Å². The normalized spacial score (nSPS) is 16.5. The van der Waals surface area contributed by atoms with E-state index in [1.54, 1.807) is 25.1 Å². The number of aryl methyl sites for hydroxylation is 2. The van der Waals surface area contributed by atoms with Crippen LogP contribution in [0.2, 0.25) is 0 Å². The standard InChI is InChI=1S/C18H20N4O4/c1-11-9-16(26-22-11)18(5-7-24-8-6-18)21-17(23)20-13-3-4-15-14(10-13)19-12(2)25-15/h3-4,9-10H,5-8H2,1-2H3,(H2,20,21,23). The molecule has 2 amide bonds. The predicted molar refractivity (Wildman–Crippen MR) is 93.9 cm³/mol. The van der Waals surface area contributed by atoms with Crippen molar-refractivity contribution in [3.8, 4) is 0 Å². The van der Waals surface area contributed by atoms with Gasteiger partial charge in [-0.25, -0.2) is 9.78 Å². The van der Waals surface area contributed by atoms with Crippen molar-refractivity contribution in [1.29, 1.82) is 0 Å². The van der Waals surface area contributed by atoms with Crippen molar-refractivity contribution in [2.24, 2.45) is 0 Å². The molecule has 8 heteroatoms. The maximum Gasteiger partial charge on any atom is 0.320 e. The Balaban J connectivity index is 1.54. The van der Waals surface area contributed by atoms with E-state index in [0.29, 0.717) is 54.5 Å². The molecule has 136 valence electrons. The molecule has 8 nitrogen and oxygen atoms in total. The molecule has 26 heavy (non-hydrogen) atoms. The molecule has 0 spiro atoms. The average molecular weight is 356 g/mol. The lowest BCUT2D eigenvalue weighted by atomic mass is 9.87. The monoisotopic (exact) mass is 356 g/mol. The second-order valence-corrected chi connectivity index (χ2v) is 6.52. The fourth-order valence-corrected chi connectivity index (χ4v) is 3.24. The van der Waals surface area contributed by atoms with E-state index in [2.05, 4.69) is 20.8 Å². The molecule has 0 radical (unpaired) electrons. The number of aromatic nitrogens is 2. The van der Waals surface area contributed by atoms with Gasteiger partial charge in [-0.3, -0.25) is 0 Å². The van der Waals surface area contributed by atoms with Crippen molar-refractivity contribution >= 4 is 22.8 Å². The summed E-state index contributed by atoms with van der Waals surface area (Å²) < 4.78 is 16.4. The molecule has 3 aromatic rings. The molecule has 2 aromatic heterocycles. The van der Waals surface area contributed by atoms with E-state index in [-0.39, 0.29) is 6.03 Å². The molecule has 1 saturated heterocycles. The summed E-state index contributed by atoms with van der Waals surface area (Å²) in [5.74, 6) is 1.24. The van der Waals surface area contributed by atoms with Gasteiger partial charge in [-0.2, -0.15) is 0 Å². The number of anilines is 1. The van der Waals surface area contributed by atoms with Gasteiger partial charge in [-0.1, -0.05) is 5.16 Å². The molecule has 1 aromatic carbocycles. The zero-order valence-corrected chi connectivity index (χ0v) is 14.7. The summed E-state index contributed by atoms with van der Waals surface area (Å²) in [6, 6.07) is 6.88. The number of fused-ring (bicyclic) bond motifs is 1. The van der Waals surface area contributed by atoms with E-state index in [1.807, 2.05) is 13.0 Å². The summed E-state index contributed by atoms with van der Waals surface area (Å²) in [6.07, 6.45) is 1.24. The minimum Gasteiger partial charge on any atom is -0.441 e. The van der Waals surface area contributed by atoms with Crippen LogP contribution in [0.25, 0.3) is 11.1 Å². The number of urea groups is 1. The van der Waals surface area contributed by atoms with E-state index in [1.165, 1.54) is 0 Å². The number of carbonyl (C=O) groups excluding carboxylic acids is 1. The van der Waals surface area contributed by atoms with Gasteiger partial charge < -0.3 is 24.3 Å². The first kappa shape index (κ1) is 16.6. The molecule has 1 fully saturated rings. The fraction of sp³-hybridized carbons (Fsp3) is 0.389. The smallest absolute Gasteiger partial charge is 0.320 e. The third-order valence-corrected chi connectivity index (χ3v) is 4.55. The second-order valence-electron chi connectivity index (χ2n) is 6.52. The highest BCUT2D eigenvalue weighted by Gasteiger charge is 2.39. The maximum atomic E-state index is 12.6. The van der Waals surface area contributed by atoms with Crippen molar-refractivity contribution < 1.29 is 18.5 Å². The zero-order chi connectivity index (χ0) is 18.1. The van der Waals surface area contributed by atoms with Gasteiger partial charge in [-0.05, 0) is 25.1 Å². The Morgan fingerprint density at radius 3 is 2.73 bits per heavy atom. The molecule has 4 rings (SSSR count). The molecule has 2 N–H and O–H groups in total. The number of nitrogens with zero attached hydrogens (tertiary/aromatic N) is 2. The van der Waals surface area contributed by atoms with Crippen LogP contribution >= 0.6 is 0 Å². The van der Waals surface area contributed by atoms with Gasteiger partial charge in [0.1, 0.15) is 11.1 Å². The average Bonchev–Trinajstić information content (AvgIpc) is 3.20. The van der Waals surface area contributed by atoms with Crippen LogP contribution in [0, 0.1) is 13.8 Å². The van der Waals surface area contributed by atoms with Crippen LogP contribution in [0.15, 0.2) is 33.2 Å². The second kappa shape index (κ2) is 6.45. The maximum absolute atomic E-state index is 12.6. The van der Waals surface area contributed by atoms with Crippen LogP contribution < -0.4 is 10.6 Å². The van der Waals surface area contributed by atoms with E-state index < -0.39 is 5.54 Å². The van der Waals surface area contributed by atoms with Gasteiger partial charge in [-0.15, -0.1) is 0 Å². The lowest BCUT2D eigenvalue weighted by molar-refractivity contribution is 0.0307. The molecule has 0 unspecified atom stereocenters. The van der Waals surface area contributed by atoms with Crippen LogP contribution in [0.3, 0.4) is 0 Å². The van der Waals surface area contributed by atoms with Crippen LogP contribution in [0.1, 0.15) is 30.2 Å². The van der Waals surface area contributed by atoms with E-state index in [9.17, 15) is 4.79 Å². The van der Waals surface area contributed by atoms with E-state index in [4.69, 9.17) is 13.7 Å². The number of amides is 2. The molecular formula is C18H20N4O4. The van der Waals surface area contributed by atoms with Gasteiger partial charge in [0.15, 0.2) is 17.2 Å². The fourth-order valence-electron chi connectivity index (χ4n) is 3.24. The van der Waals surface area contributed by atoms with Crippen molar-refractivity contribution in [2.75, 3.05) is 18.5 Å². The Labute approximate surface area is 149 Å². The number of benzene rings is 1. The molecular weight excluding hydrogens is 336 g/mol. The lowest BCUT2D eigenvalue weighted by Gasteiger charge is -2.35. The highest BCUT2D eigenvalue weighted by molar-refractivity contribution is 5.92. The molecule has 1 aliphatic heterocycles. The summed E-state index contributed by atoms with van der Waals surface area (Å²) in [4.78, 5) is 16.9. The topological polar surface area (TPSA) is 102 Å². The van der Waals surface area contributed by atoms with Crippen molar-refractivity contribution in [2.45, 2.75) is 32.2 Å². The highest BCUT2D eigenvalue weighted by atomic mass is 16.5. The van der Waals surface area contributed by atoms with Gasteiger partial charge in [0.2, 0.25) is 0 Å². The third-order valence-electron chi connectivity index (χ3n) is 4.55. The first-order chi connectivity index (χ1) is 12.5. The number of oxazole rings is 1. The van der Waals surface area contributed by atoms with Crippen molar-refractivity contribution in [3.63, 3.8) is 0 Å². The lowest BCUT2D eigenvalue weighted by Crippen LogP contribution is -2.50. The zero-order valence-electron chi connectivity index (χ0n) is 14.7. The van der Waals surface area contributed by atoms with Gasteiger partial charge in [0.25, 0.3) is 0 Å². The Bertz CT molecular complexity index is 940. The van der Waals surface area contributed by atoms with Gasteiger partial charge in [0, 0.05) is 44.7 Å². The van der Waals surface area contributed by atoms with Gasteiger partial charge in [0.05, 0.1) is 5.69 Å². The Hall–Kier alpha value is -2.87. The quantitative estimate of drug-likeness (QED) is 0.747. The van der Waals surface area contributed by atoms with E-state index in [0.717, 1.165) is 5.69 Å². The molecule has 0 bridgehead atoms. The Morgan fingerprint density at radius 1 is 1.19 bits per heavy atom. The molecule has 3 heterocycles. The van der Waals surface area contributed by atoms with Crippen LogP contribution in [-0.4, -0.2) is 29.4 Å². The SMILES string of the molecule is Cc1cc(C2(NC(=O)Nc3ccc4oc(C)nc4c3)CCOCC2)on1. The summed E-state index contributed by atoms with van der Waals surface area (Å²) in [5.41, 5.74) is 2.18. The first-order valence-electron chi connectivity index (χ1n) is 8.52. The number of carbonyl (C=O) groups is 1. The number of hydrogen-bond donors (Lipinski definition) is 2. The number of ether oxygens (including phenoxy) is 1. The highest BCUT2D eigenvalue weighted by Crippen LogP contribution is 2.32. The number of hydrogen-bond acceptors (Lipinski definition) is 6. The summed E-state index contributed by atoms with van der Waals surface area (Å²) in [6.45, 7) is 4.73. The first-order valence-corrected chi connectivity index (χ1v) is 8.52. The van der Waals surface area contributed by atoms with Gasteiger partial charge >= 0.3 is 6.03 Å². The van der Waals surface area contributed by atoms with Crippen LogP contribution in [-0.2, 0) is 10.3 Å². The van der Waals surface area contributed by atoms with Crippen LogP contribution in [0.4, 0.5) is 10.5 Å². The van der Waals surface area contributed by atoms with Crippen LogP contribution in [0.5, 0.6) is 0 Å². The molecule has 0 saturated carbocycles. The minimum atomic E-state index is -0.627. The summed E-state index contributed by atoms with van der Waals surface area (Å²) in [7, 11) is 0. The minimum absolute atomic E-state index is 0.319. The molecule has 0 aliphatic carbocycles. The van der Waals surface area contributed by atoms with Crippen molar-refractivity contribution in [1.82, 2.24) is 15.5 Å². The summed E-state index contributed by atoms with van der Waals surface area (Å²) in [5, 5.41) is 9.87. The Morgan fingerprint density at radius 2 is 2.00 bits per heavy atom. The third kappa shape index (κ3) is 3.15. The Kier molecular flexibility index (Phi) is 4.12. The number of nitrogens with one attached hydrogen (secondary N) is 2.